The molecule has 2 amide bonds. The average molecular weight is 601 g/mol. The van der Waals surface area contributed by atoms with Crippen LogP contribution in [0.5, 0.6) is 28.9 Å². The minimum absolute atomic E-state index is 0.0160. The molecule has 0 saturated carbocycles. The van der Waals surface area contributed by atoms with Gasteiger partial charge in [-0.25, -0.2) is 14.8 Å². The Labute approximate surface area is 246 Å². The van der Waals surface area contributed by atoms with E-state index >= 15 is 0 Å². The van der Waals surface area contributed by atoms with Gasteiger partial charge in [0.1, 0.15) is 17.8 Å². The van der Waals surface area contributed by atoms with Gasteiger partial charge >= 0.3 is 12.2 Å². The van der Waals surface area contributed by atoms with E-state index in [1.165, 1.54) is 45.9 Å². The number of carbonyl (C=O) groups is 1. The second-order valence-corrected chi connectivity index (χ2v) is 9.88. The number of halogens is 3. The molecule has 0 spiro atoms. The molecule has 0 aliphatic carbocycles. The molecule has 1 heterocycles. The van der Waals surface area contributed by atoms with Gasteiger partial charge in [0.2, 0.25) is 5.88 Å². The first-order chi connectivity index (χ1) is 20.4. The lowest BCUT2D eigenvalue weighted by Gasteiger charge is -2.23. The minimum Gasteiger partial charge on any atom is -0.493 e. The summed E-state index contributed by atoms with van der Waals surface area (Å²) in [6.45, 7) is 3.63. The van der Waals surface area contributed by atoms with Crippen molar-refractivity contribution in [3.8, 4) is 28.9 Å². The largest absolute Gasteiger partial charge is 0.493 e. The number of fused-ring (bicyclic) bond motifs is 1. The van der Waals surface area contributed by atoms with Crippen LogP contribution in [0.15, 0.2) is 60.9 Å². The van der Waals surface area contributed by atoms with Crippen LogP contribution in [0.2, 0.25) is 0 Å². The van der Waals surface area contributed by atoms with E-state index in [0.29, 0.717) is 40.3 Å². The van der Waals surface area contributed by atoms with Crippen LogP contribution in [0.3, 0.4) is 0 Å². The number of carbonyl (C=O) groups excluding carboxylic acids is 1. The number of urea groups is 1. The van der Waals surface area contributed by atoms with Crippen LogP contribution in [-0.4, -0.2) is 49.5 Å². The van der Waals surface area contributed by atoms with E-state index < -0.39 is 23.4 Å². The van der Waals surface area contributed by atoms with E-state index in [1.807, 2.05) is 13.8 Å². The van der Waals surface area contributed by atoms with Gasteiger partial charge in [-0.15, -0.1) is 0 Å². The van der Waals surface area contributed by atoms with Gasteiger partial charge in [-0.05, 0) is 50.2 Å². The SMILES string of the molecule is COc1cc2ncnc(Oc3cccc(NC(=O)Nc4ccc(OCCC(C)(C)OC)c(C(F)(F)F)c4)c3)c2cc1OC. The van der Waals surface area contributed by atoms with Crippen LogP contribution >= 0.6 is 0 Å². The first kappa shape index (κ1) is 31.2. The molecule has 0 atom stereocenters. The second kappa shape index (κ2) is 13.0. The Kier molecular flexibility index (Phi) is 9.44. The van der Waals surface area contributed by atoms with Gasteiger partial charge in [0.05, 0.1) is 42.9 Å². The summed E-state index contributed by atoms with van der Waals surface area (Å²) in [5, 5.41) is 5.58. The van der Waals surface area contributed by atoms with Crippen molar-refractivity contribution in [1.29, 1.82) is 0 Å². The van der Waals surface area contributed by atoms with Crippen molar-refractivity contribution in [2.75, 3.05) is 38.6 Å². The van der Waals surface area contributed by atoms with E-state index in [0.717, 1.165) is 6.07 Å². The van der Waals surface area contributed by atoms with Crippen LogP contribution in [0.4, 0.5) is 29.3 Å². The van der Waals surface area contributed by atoms with Crippen molar-refractivity contribution in [1.82, 2.24) is 9.97 Å². The van der Waals surface area contributed by atoms with E-state index in [9.17, 15) is 18.0 Å². The summed E-state index contributed by atoms with van der Waals surface area (Å²) >= 11 is 0. The molecule has 4 aromatic rings. The zero-order valence-electron chi connectivity index (χ0n) is 24.2. The highest BCUT2D eigenvalue weighted by Gasteiger charge is 2.35. The van der Waals surface area contributed by atoms with Crippen LogP contribution in [0.1, 0.15) is 25.8 Å². The molecule has 3 aromatic carbocycles. The highest BCUT2D eigenvalue weighted by molar-refractivity contribution is 6.00. The quantitative estimate of drug-likeness (QED) is 0.185. The smallest absolute Gasteiger partial charge is 0.420 e. The summed E-state index contributed by atoms with van der Waals surface area (Å²) < 4.78 is 68.6. The average Bonchev–Trinajstić information content (AvgIpc) is 2.96. The zero-order chi connectivity index (χ0) is 31.2. The number of nitrogens with one attached hydrogen (secondary N) is 2. The van der Waals surface area contributed by atoms with Gasteiger partial charge in [-0.3, -0.25) is 0 Å². The number of methoxy groups -OCH3 is 3. The van der Waals surface area contributed by atoms with Crippen molar-refractivity contribution < 1.29 is 41.7 Å². The minimum atomic E-state index is -4.70. The maximum absolute atomic E-state index is 13.8. The normalized spacial score (nSPS) is 11.6. The van der Waals surface area contributed by atoms with Crippen molar-refractivity contribution in [3.63, 3.8) is 0 Å². The number of rotatable bonds is 11. The summed E-state index contributed by atoms with van der Waals surface area (Å²) in [5.41, 5.74) is -0.750. The summed E-state index contributed by atoms with van der Waals surface area (Å²) in [4.78, 5) is 21.1. The molecule has 13 heteroatoms. The number of aromatic nitrogens is 2. The van der Waals surface area contributed by atoms with E-state index in [4.69, 9.17) is 23.7 Å². The standard InChI is InChI=1S/C30H31F3N4O6/c1-29(2,41-5)11-12-42-24-10-9-19(14-22(24)30(31,32)33)37-28(38)36-18-7-6-8-20(13-18)43-27-21-15-25(39-3)26(40-4)16-23(21)34-17-35-27/h6-10,13-17H,11-12H2,1-5H3,(H2,36,37,38). The zero-order valence-corrected chi connectivity index (χ0v) is 24.2. The van der Waals surface area contributed by atoms with Crippen LogP contribution in [-0.2, 0) is 10.9 Å². The maximum atomic E-state index is 13.8. The predicted molar refractivity (Wildman–Crippen MR) is 154 cm³/mol. The van der Waals surface area contributed by atoms with Gasteiger partial charge in [-0.1, -0.05) is 6.07 Å². The van der Waals surface area contributed by atoms with E-state index in [1.54, 1.807) is 30.3 Å². The van der Waals surface area contributed by atoms with Crippen molar-refractivity contribution in [3.05, 3.63) is 66.5 Å². The highest BCUT2D eigenvalue weighted by atomic mass is 19.4. The summed E-state index contributed by atoms with van der Waals surface area (Å²) in [6.07, 6.45) is -2.99. The summed E-state index contributed by atoms with van der Waals surface area (Å²) in [5.74, 6) is 1.19. The van der Waals surface area contributed by atoms with E-state index in [-0.39, 0.29) is 23.9 Å². The lowest BCUT2D eigenvalue weighted by Crippen LogP contribution is -2.25. The molecule has 228 valence electrons. The number of nitrogens with zero attached hydrogens (tertiary/aromatic N) is 2. The molecular formula is C30H31F3N4O6. The fourth-order valence-corrected chi connectivity index (χ4v) is 3.95. The highest BCUT2D eigenvalue weighted by Crippen LogP contribution is 2.39. The molecule has 2 N–H and O–H groups in total. The molecular weight excluding hydrogens is 569 g/mol. The fraction of sp³-hybridized carbons (Fsp3) is 0.300. The number of benzene rings is 3. The molecule has 0 radical (unpaired) electrons. The molecule has 0 saturated heterocycles. The van der Waals surface area contributed by atoms with Crippen LogP contribution in [0.25, 0.3) is 10.9 Å². The van der Waals surface area contributed by atoms with Crippen LogP contribution < -0.4 is 29.6 Å². The third-order valence-corrected chi connectivity index (χ3v) is 6.47. The lowest BCUT2D eigenvalue weighted by molar-refractivity contribution is -0.139. The molecule has 0 bridgehead atoms. The van der Waals surface area contributed by atoms with Gasteiger partial charge in [-0.2, -0.15) is 13.2 Å². The molecule has 1 aromatic heterocycles. The third kappa shape index (κ3) is 7.95. The fourth-order valence-electron chi connectivity index (χ4n) is 3.95. The molecule has 43 heavy (non-hydrogen) atoms. The Balaban J connectivity index is 1.46. The van der Waals surface area contributed by atoms with Gasteiger partial charge in [0.15, 0.2) is 11.5 Å². The Hall–Kier alpha value is -4.78. The number of anilines is 2. The Morgan fingerprint density at radius 2 is 1.56 bits per heavy atom. The molecule has 10 nitrogen and oxygen atoms in total. The monoisotopic (exact) mass is 600 g/mol. The van der Waals surface area contributed by atoms with Gasteiger partial charge < -0.3 is 34.3 Å². The molecule has 4 rings (SSSR count). The Bertz CT molecular complexity index is 1600. The number of ether oxygens (including phenoxy) is 5. The number of alkyl halides is 3. The van der Waals surface area contributed by atoms with Crippen molar-refractivity contribution >= 4 is 28.3 Å². The third-order valence-electron chi connectivity index (χ3n) is 6.47. The Morgan fingerprint density at radius 1 is 0.860 bits per heavy atom. The van der Waals surface area contributed by atoms with Crippen LogP contribution in [0, 0.1) is 0 Å². The molecule has 0 fully saturated rings. The van der Waals surface area contributed by atoms with Crippen molar-refractivity contribution in [2.45, 2.75) is 32.0 Å². The predicted octanol–water partition coefficient (Wildman–Crippen LogP) is 7.30. The molecule has 0 aliphatic heterocycles. The first-order valence-corrected chi connectivity index (χ1v) is 13.0. The number of hydrogen-bond donors (Lipinski definition) is 2. The number of amides is 2. The van der Waals surface area contributed by atoms with Gasteiger partial charge in [0.25, 0.3) is 0 Å². The Morgan fingerprint density at radius 3 is 2.23 bits per heavy atom. The lowest BCUT2D eigenvalue weighted by atomic mass is 10.1. The first-order valence-electron chi connectivity index (χ1n) is 13.0. The maximum Gasteiger partial charge on any atom is 0.420 e. The van der Waals surface area contributed by atoms with E-state index in [2.05, 4.69) is 20.6 Å². The summed E-state index contributed by atoms with van der Waals surface area (Å²) in [7, 11) is 4.54. The van der Waals surface area contributed by atoms with Crippen molar-refractivity contribution in [2.24, 2.45) is 0 Å². The number of hydrogen-bond acceptors (Lipinski definition) is 8. The second-order valence-electron chi connectivity index (χ2n) is 9.88. The molecule has 0 aliphatic rings. The van der Waals surface area contributed by atoms with Gasteiger partial charge in [0, 0.05) is 37.0 Å². The molecule has 0 unspecified atom stereocenters. The summed E-state index contributed by atoms with van der Waals surface area (Å²) in [6, 6.07) is 12.4. The topological polar surface area (TPSA) is 113 Å².